The van der Waals surface area contributed by atoms with Gasteiger partial charge in [-0.05, 0) is 31.4 Å². The molecule has 2 nitrogen and oxygen atoms in total. The average Bonchev–Trinajstić information content (AvgIpc) is 2.31. The quantitative estimate of drug-likeness (QED) is 0.520. The zero-order chi connectivity index (χ0) is 16.3. The van der Waals surface area contributed by atoms with Gasteiger partial charge in [0.15, 0.2) is 5.78 Å². The van der Waals surface area contributed by atoms with Gasteiger partial charge in [0.1, 0.15) is 0 Å². The zero-order valence-electron chi connectivity index (χ0n) is 14.8. The van der Waals surface area contributed by atoms with Crippen LogP contribution >= 0.6 is 0 Å². The molecule has 0 amide bonds. The van der Waals surface area contributed by atoms with Gasteiger partial charge in [0, 0.05) is 27.9 Å². The third-order valence-corrected chi connectivity index (χ3v) is 7.22. The highest BCUT2D eigenvalue weighted by Gasteiger charge is 2.20. The number of hydrogen-bond acceptors (Lipinski definition) is 2. The number of pyridine rings is 1. The minimum absolute atomic E-state index is 0.180. The lowest BCUT2D eigenvalue weighted by atomic mass is 10.00. The molecule has 0 aliphatic heterocycles. The van der Waals surface area contributed by atoms with Crippen molar-refractivity contribution in [1.29, 1.82) is 0 Å². The molecule has 21 heavy (non-hydrogen) atoms. The van der Waals surface area contributed by atoms with Crippen LogP contribution in [0.3, 0.4) is 0 Å². The summed E-state index contributed by atoms with van der Waals surface area (Å²) >= 11 is 0. The smallest absolute Gasteiger partial charge is 0.161 e. The molecule has 0 radical (unpaired) electrons. The Kier molecular flexibility index (Phi) is 6.11. The van der Waals surface area contributed by atoms with E-state index in [-0.39, 0.29) is 5.78 Å². The standard InChI is InChI=1S/C17H31NOSi2/c1-14(19)17-15(9-12-20(2,3)4)8-11-18-16(17)10-13-21(5,6)7/h8,11H,9-10,12-13H2,1-7H3. The molecule has 0 aliphatic rings. The molecule has 0 fully saturated rings. The van der Waals surface area contributed by atoms with E-state index in [1.165, 1.54) is 17.7 Å². The Morgan fingerprint density at radius 1 is 1.00 bits per heavy atom. The lowest BCUT2D eigenvalue weighted by Crippen LogP contribution is -2.22. The lowest BCUT2D eigenvalue weighted by molar-refractivity contribution is 0.101. The molecule has 118 valence electrons. The third kappa shape index (κ3) is 6.70. The fourth-order valence-corrected chi connectivity index (χ4v) is 4.39. The molecule has 0 bridgehead atoms. The molecular formula is C17H31NOSi2. The van der Waals surface area contributed by atoms with Crippen molar-refractivity contribution >= 4 is 21.9 Å². The number of aryl methyl sites for hydroxylation is 2. The van der Waals surface area contributed by atoms with Crippen molar-refractivity contribution in [3.63, 3.8) is 0 Å². The summed E-state index contributed by atoms with van der Waals surface area (Å²) in [6.07, 6.45) is 3.87. The van der Waals surface area contributed by atoms with Crippen LogP contribution in [-0.2, 0) is 12.8 Å². The van der Waals surface area contributed by atoms with Crippen molar-refractivity contribution in [2.75, 3.05) is 0 Å². The van der Waals surface area contributed by atoms with Gasteiger partial charge in [-0.2, -0.15) is 0 Å². The van der Waals surface area contributed by atoms with Crippen LogP contribution in [0.25, 0.3) is 0 Å². The van der Waals surface area contributed by atoms with Gasteiger partial charge in [0.2, 0.25) is 0 Å². The van der Waals surface area contributed by atoms with Crippen LogP contribution in [0.4, 0.5) is 0 Å². The SMILES string of the molecule is CC(=O)c1c(CC[Si](C)(C)C)ccnc1CC[Si](C)(C)C. The molecule has 0 aromatic carbocycles. The van der Waals surface area contributed by atoms with E-state index in [2.05, 4.69) is 50.3 Å². The fraction of sp³-hybridized carbons (Fsp3) is 0.647. The molecule has 0 aliphatic carbocycles. The van der Waals surface area contributed by atoms with E-state index in [4.69, 9.17) is 0 Å². The van der Waals surface area contributed by atoms with Crippen molar-refractivity contribution in [3.8, 4) is 0 Å². The van der Waals surface area contributed by atoms with Crippen LogP contribution < -0.4 is 0 Å². The van der Waals surface area contributed by atoms with Gasteiger partial charge in [-0.3, -0.25) is 9.78 Å². The monoisotopic (exact) mass is 321 g/mol. The molecule has 0 saturated heterocycles. The molecule has 0 N–H and O–H groups in total. The van der Waals surface area contributed by atoms with Gasteiger partial charge < -0.3 is 0 Å². The first-order valence-electron chi connectivity index (χ1n) is 7.97. The van der Waals surface area contributed by atoms with E-state index in [0.717, 1.165) is 24.1 Å². The first kappa shape index (κ1) is 18.3. The number of Topliss-reactive ketones (excluding diaryl/α,β-unsaturated/α-hetero) is 1. The summed E-state index contributed by atoms with van der Waals surface area (Å²) in [4.78, 5) is 16.6. The summed E-state index contributed by atoms with van der Waals surface area (Å²) < 4.78 is 0. The summed E-state index contributed by atoms with van der Waals surface area (Å²) in [5.74, 6) is 0.180. The molecule has 1 heterocycles. The second-order valence-electron chi connectivity index (χ2n) is 8.47. The minimum atomic E-state index is -1.11. The Balaban J connectivity index is 3.01. The number of nitrogens with zero attached hydrogens (tertiary/aromatic N) is 1. The largest absolute Gasteiger partial charge is 0.294 e. The number of aromatic nitrogens is 1. The molecule has 4 heteroatoms. The fourth-order valence-electron chi connectivity index (χ4n) is 2.38. The highest BCUT2D eigenvalue weighted by Crippen LogP contribution is 2.22. The number of carbonyl (C=O) groups is 1. The van der Waals surface area contributed by atoms with E-state index >= 15 is 0 Å². The first-order chi connectivity index (χ1) is 9.49. The van der Waals surface area contributed by atoms with Gasteiger partial charge in [0.25, 0.3) is 0 Å². The highest BCUT2D eigenvalue weighted by atomic mass is 28.3. The van der Waals surface area contributed by atoms with E-state index in [1.54, 1.807) is 6.92 Å². The normalized spacial score (nSPS) is 12.5. The van der Waals surface area contributed by atoms with Crippen LogP contribution in [0, 0.1) is 0 Å². The van der Waals surface area contributed by atoms with Gasteiger partial charge in [-0.25, -0.2) is 0 Å². The predicted molar refractivity (Wildman–Crippen MR) is 98.0 cm³/mol. The lowest BCUT2D eigenvalue weighted by Gasteiger charge is -2.19. The Labute approximate surface area is 132 Å². The maximum absolute atomic E-state index is 12.1. The van der Waals surface area contributed by atoms with Gasteiger partial charge >= 0.3 is 0 Å². The minimum Gasteiger partial charge on any atom is -0.294 e. The number of hydrogen-bond donors (Lipinski definition) is 0. The van der Waals surface area contributed by atoms with Crippen LogP contribution in [-0.4, -0.2) is 26.9 Å². The van der Waals surface area contributed by atoms with Crippen LogP contribution in [0.2, 0.25) is 51.4 Å². The Bertz CT molecular complexity index is 462. The molecule has 1 rings (SSSR count). The maximum Gasteiger partial charge on any atom is 0.161 e. The molecular weight excluding hydrogens is 290 g/mol. The Morgan fingerprint density at radius 3 is 2.00 bits per heavy atom. The summed E-state index contributed by atoms with van der Waals surface area (Å²) in [7, 11) is -2.20. The highest BCUT2D eigenvalue weighted by molar-refractivity contribution is 6.76. The van der Waals surface area contributed by atoms with Crippen molar-refractivity contribution in [2.24, 2.45) is 0 Å². The van der Waals surface area contributed by atoms with Gasteiger partial charge in [-0.1, -0.05) is 51.4 Å². The summed E-state index contributed by atoms with van der Waals surface area (Å²) in [6.45, 7) is 15.9. The molecule has 0 unspecified atom stereocenters. The molecule has 0 spiro atoms. The topological polar surface area (TPSA) is 30.0 Å². The van der Waals surface area contributed by atoms with E-state index in [9.17, 15) is 4.79 Å². The summed E-state index contributed by atoms with van der Waals surface area (Å²) in [5, 5.41) is 0. The van der Waals surface area contributed by atoms with Crippen LogP contribution in [0.15, 0.2) is 12.3 Å². The predicted octanol–water partition coefficient (Wildman–Crippen LogP) is 5.05. The van der Waals surface area contributed by atoms with E-state index in [0.29, 0.717) is 0 Å². The second kappa shape index (κ2) is 7.01. The van der Waals surface area contributed by atoms with Crippen molar-refractivity contribution in [3.05, 3.63) is 29.1 Å². The summed E-state index contributed by atoms with van der Waals surface area (Å²) in [5.41, 5.74) is 3.15. The van der Waals surface area contributed by atoms with Crippen LogP contribution in [0.1, 0.15) is 28.5 Å². The van der Waals surface area contributed by atoms with Gasteiger partial charge in [0.05, 0.1) is 5.69 Å². The van der Waals surface area contributed by atoms with Crippen LogP contribution in [0.5, 0.6) is 0 Å². The number of rotatable bonds is 7. The van der Waals surface area contributed by atoms with Crippen molar-refractivity contribution in [1.82, 2.24) is 4.98 Å². The van der Waals surface area contributed by atoms with E-state index < -0.39 is 16.1 Å². The van der Waals surface area contributed by atoms with Crippen molar-refractivity contribution in [2.45, 2.75) is 71.1 Å². The average molecular weight is 322 g/mol. The van der Waals surface area contributed by atoms with Crippen molar-refractivity contribution < 1.29 is 4.79 Å². The second-order valence-corrected chi connectivity index (χ2v) is 19.7. The number of ketones is 1. The Hall–Kier alpha value is -0.746. The van der Waals surface area contributed by atoms with Gasteiger partial charge in [-0.15, -0.1) is 0 Å². The zero-order valence-corrected chi connectivity index (χ0v) is 16.8. The molecule has 1 aromatic rings. The molecule has 0 atom stereocenters. The number of carbonyl (C=O) groups excluding carboxylic acids is 1. The Morgan fingerprint density at radius 2 is 1.52 bits per heavy atom. The molecule has 0 saturated carbocycles. The summed E-state index contributed by atoms with van der Waals surface area (Å²) in [6, 6.07) is 4.47. The van der Waals surface area contributed by atoms with E-state index in [1.807, 2.05) is 6.20 Å². The molecule has 1 aromatic heterocycles. The third-order valence-electron chi connectivity index (χ3n) is 3.72. The first-order valence-corrected chi connectivity index (χ1v) is 15.4. The maximum atomic E-state index is 12.1.